The fourth-order valence-corrected chi connectivity index (χ4v) is 2.74. The van der Waals surface area contributed by atoms with E-state index in [0.717, 1.165) is 28.5 Å². The van der Waals surface area contributed by atoms with Crippen molar-refractivity contribution in [2.24, 2.45) is 0 Å². The van der Waals surface area contributed by atoms with E-state index in [-0.39, 0.29) is 0 Å². The van der Waals surface area contributed by atoms with Crippen LogP contribution in [0.15, 0.2) is 29.4 Å². The molecule has 0 saturated heterocycles. The number of H-pyrrole nitrogens is 1. The highest BCUT2D eigenvalue weighted by atomic mass is 32.2. The average Bonchev–Trinajstić information content (AvgIpc) is 2.77. The summed E-state index contributed by atoms with van der Waals surface area (Å²) < 4.78 is 0. The van der Waals surface area contributed by atoms with Crippen LogP contribution in [0.2, 0.25) is 0 Å². The van der Waals surface area contributed by atoms with Crippen molar-refractivity contribution >= 4 is 22.8 Å². The molecule has 2 N–H and O–H groups in total. The summed E-state index contributed by atoms with van der Waals surface area (Å²) >= 11 is 1.78. The van der Waals surface area contributed by atoms with Crippen LogP contribution in [-0.2, 0) is 0 Å². The molecule has 0 amide bonds. The molecule has 0 saturated carbocycles. The number of thioether (sulfide) groups is 1. The van der Waals surface area contributed by atoms with Crippen molar-refractivity contribution < 1.29 is 0 Å². The molecule has 0 fully saturated rings. The van der Waals surface area contributed by atoms with Crippen LogP contribution in [0.3, 0.4) is 0 Å². The third-order valence-corrected chi connectivity index (χ3v) is 3.80. The predicted octanol–water partition coefficient (Wildman–Crippen LogP) is 3.43. The zero-order chi connectivity index (χ0) is 12.8. The van der Waals surface area contributed by atoms with Gasteiger partial charge in [-0.25, -0.2) is 4.98 Å². The van der Waals surface area contributed by atoms with Gasteiger partial charge in [-0.2, -0.15) is 0 Å². The Kier molecular flexibility index (Phi) is 5.08. The molecule has 0 aliphatic heterocycles. The van der Waals surface area contributed by atoms with E-state index in [1.807, 2.05) is 18.2 Å². The molecule has 1 heterocycles. The van der Waals surface area contributed by atoms with E-state index in [2.05, 4.69) is 35.2 Å². The molecule has 2 rings (SSSR count). The van der Waals surface area contributed by atoms with Crippen LogP contribution in [0.1, 0.15) is 26.7 Å². The molecular weight excluding hydrogens is 242 g/mol. The summed E-state index contributed by atoms with van der Waals surface area (Å²) in [6.45, 7) is 5.50. The monoisotopic (exact) mass is 263 g/mol. The average molecular weight is 263 g/mol. The summed E-state index contributed by atoms with van der Waals surface area (Å²) in [5.74, 6) is 1.05. The van der Waals surface area contributed by atoms with Crippen LogP contribution in [0.4, 0.5) is 0 Å². The van der Waals surface area contributed by atoms with E-state index in [1.165, 1.54) is 12.8 Å². The minimum absolute atomic E-state index is 0.617. The largest absolute Gasteiger partial charge is 0.333 e. The lowest BCUT2D eigenvalue weighted by atomic mass is 10.2. The zero-order valence-corrected chi connectivity index (χ0v) is 11.9. The minimum Gasteiger partial charge on any atom is -0.333 e. The van der Waals surface area contributed by atoms with Crippen molar-refractivity contribution in [3.63, 3.8) is 0 Å². The SMILES string of the molecule is CCCC(C)NCCSc1nc2ccccc2[nH]1. The topological polar surface area (TPSA) is 40.7 Å². The molecule has 18 heavy (non-hydrogen) atoms. The first-order valence-corrected chi connectivity index (χ1v) is 7.59. The Morgan fingerprint density at radius 2 is 2.22 bits per heavy atom. The van der Waals surface area contributed by atoms with E-state index < -0.39 is 0 Å². The van der Waals surface area contributed by atoms with E-state index in [9.17, 15) is 0 Å². The van der Waals surface area contributed by atoms with Gasteiger partial charge in [0.1, 0.15) is 0 Å². The lowest BCUT2D eigenvalue weighted by molar-refractivity contribution is 0.526. The van der Waals surface area contributed by atoms with E-state index in [1.54, 1.807) is 11.8 Å². The second-order valence-electron chi connectivity index (χ2n) is 4.55. The van der Waals surface area contributed by atoms with Gasteiger partial charge in [0.15, 0.2) is 5.16 Å². The summed E-state index contributed by atoms with van der Waals surface area (Å²) in [7, 11) is 0. The van der Waals surface area contributed by atoms with Gasteiger partial charge < -0.3 is 10.3 Å². The molecule has 98 valence electrons. The number of rotatable bonds is 7. The highest BCUT2D eigenvalue weighted by Gasteiger charge is 2.03. The fraction of sp³-hybridized carbons (Fsp3) is 0.500. The van der Waals surface area contributed by atoms with Gasteiger partial charge >= 0.3 is 0 Å². The molecule has 0 spiro atoms. The summed E-state index contributed by atoms with van der Waals surface area (Å²) in [6.07, 6.45) is 2.49. The lowest BCUT2D eigenvalue weighted by Crippen LogP contribution is -2.27. The number of para-hydroxylation sites is 2. The first-order chi connectivity index (χ1) is 8.79. The van der Waals surface area contributed by atoms with E-state index in [4.69, 9.17) is 0 Å². The van der Waals surface area contributed by atoms with Crippen LogP contribution < -0.4 is 5.32 Å². The Bertz CT molecular complexity index is 448. The highest BCUT2D eigenvalue weighted by Crippen LogP contribution is 2.18. The first-order valence-electron chi connectivity index (χ1n) is 6.60. The standard InChI is InChI=1S/C14H21N3S/c1-3-6-11(2)15-9-10-18-14-16-12-7-4-5-8-13(12)17-14/h4-5,7-8,11,15H,3,6,9-10H2,1-2H3,(H,16,17). The number of nitrogens with zero attached hydrogens (tertiary/aromatic N) is 1. The van der Waals surface area contributed by atoms with Gasteiger partial charge in [-0.1, -0.05) is 37.2 Å². The number of hydrogen-bond donors (Lipinski definition) is 2. The van der Waals surface area contributed by atoms with Gasteiger partial charge in [0.25, 0.3) is 0 Å². The summed E-state index contributed by atoms with van der Waals surface area (Å²) in [4.78, 5) is 7.88. The molecule has 3 nitrogen and oxygen atoms in total. The van der Waals surface area contributed by atoms with Crippen molar-refractivity contribution in [1.29, 1.82) is 0 Å². The molecule has 1 aromatic heterocycles. The fourth-order valence-electron chi connectivity index (χ4n) is 1.99. The van der Waals surface area contributed by atoms with Gasteiger partial charge in [0.05, 0.1) is 11.0 Å². The number of imidazole rings is 1. The summed E-state index contributed by atoms with van der Waals surface area (Å²) in [5.41, 5.74) is 2.17. The van der Waals surface area contributed by atoms with Crippen molar-refractivity contribution in [1.82, 2.24) is 15.3 Å². The third-order valence-electron chi connectivity index (χ3n) is 2.92. The smallest absolute Gasteiger partial charge is 0.166 e. The third kappa shape index (κ3) is 3.75. The Morgan fingerprint density at radius 3 is 3.00 bits per heavy atom. The van der Waals surface area contributed by atoms with Crippen LogP contribution in [0.5, 0.6) is 0 Å². The van der Waals surface area contributed by atoms with Gasteiger partial charge in [0.2, 0.25) is 0 Å². The number of fused-ring (bicyclic) bond motifs is 1. The second-order valence-corrected chi connectivity index (χ2v) is 5.64. The van der Waals surface area contributed by atoms with Gasteiger partial charge in [-0.05, 0) is 25.5 Å². The number of aromatic nitrogens is 2. The Balaban J connectivity index is 1.76. The maximum Gasteiger partial charge on any atom is 0.166 e. The number of aromatic amines is 1. The predicted molar refractivity (Wildman–Crippen MR) is 79.2 cm³/mol. The maximum absolute atomic E-state index is 4.55. The van der Waals surface area contributed by atoms with Crippen molar-refractivity contribution in [3.8, 4) is 0 Å². The molecule has 4 heteroatoms. The number of nitrogens with one attached hydrogen (secondary N) is 2. The van der Waals surface area contributed by atoms with Crippen molar-refractivity contribution in [2.75, 3.05) is 12.3 Å². The summed E-state index contributed by atoms with van der Waals surface area (Å²) in [5, 5.41) is 4.54. The lowest BCUT2D eigenvalue weighted by Gasteiger charge is -2.11. The molecular formula is C14H21N3S. The van der Waals surface area contributed by atoms with Gasteiger partial charge in [-0.3, -0.25) is 0 Å². The molecule has 2 aromatic rings. The summed E-state index contributed by atoms with van der Waals surface area (Å²) in [6, 6.07) is 8.77. The normalized spacial score (nSPS) is 13.0. The van der Waals surface area contributed by atoms with Crippen LogP contribution >= 0.6 is 11.8 Å². The van der Waals surface area contributed by atoms with Crippen LogP contribution in [-0.4, -0.2) is 28.3 Å². The Morgan fingerprint density at radius 1 is 1.39 bits per heavy atom. The maximum atomic E-state index is 4.55. The molecule has 1 aromatic carbocycles. The van der Waals surface area contributed by atoms with Crippen molar-refractivity contribution in [2.45, 2.75) is 37.9 Å². The molecule has 1 atom stereocenters. The minimum atomic E-state index is 0.617. The van der Waals surface area contributed by atoms with Crippen LogP contribution in [0, 0.1) is 0 Å². The second kappa shape index (κ2) is 6.81. The molecule has 0 bridgehead atoms. The van der Waals surface area contributed by atoms with Gasteiger partial charge in [-0.15, -0.1) is 0 Å². The van der Waals surface area contributed by atoms with Crippen LogP contribution in [0.25, 0.3) is 11.0 Å². The molecule has 1 unspecified atom stereocenters. The quantitative estimate of drug-likeness (QED) is 0.594. The van der Waals surface area contributed by atoms with E-state index in [0.29, 0.717) is 6.04 Å². The first kappa shape index (κ1) is 13.4. The number of benzene rings is 1. The number of hydrogen-bond acceptors (Lipinski definition) is 3. The molecule has 0 aliphatic carbocycles. The zero-order valence-electron chi connectivity index (χ0n) is 11.1. The van der Waals surface area contributed by atoms with Crippen molar-refractivity contribution in [3.05, 3.63) is 24.3 Å². The Hall–Kier alpha value is -1.00. The van der Waals surface area contributed by atoms with Gasteiger partial charge in [0, 0.05) is 18.3 Å². The van der Waals surface area contributed by atoms with E-state index >= 15 is 0 Å². The molecule has 0 aliphatic rings. The highest BCUT2D eigenvalue weighted by molar-refractivity contribution is 7.99. The Labute approximate surface area is 113 Å². The molecule has 0 radical (unpaired) electrons.